The smallest absolute Gasteiger partial charge is 0.310 e. The fraction of sp³-hybridized carbons (Fsp3) is 0.500. The third kappa shape index (κ3) is 5.28. The molecule has 0 aliphatic rings. The number of hydrogen-bond donors (Lipinski definition) is 1. The largest absolute Gasteiger partial charge is 0.389 e. The summed E-state index contributed by atoms with van der Waals surface area (Å²) >= 11 is 6.71. The van der Waals surface area contributed by atoms with Crippen molar-refractivity contribution in [3.05, 3.63) is 32.7 Å². The summed E-state index contributed by atoms with van der Waals surface area (Å²) in [7, 11) is 0. The van der Waals surface area contributed by atoms with Crippen molar-refractivity contribution in [2.24, 2.45) is 0 Å². The molecular weight excluding hydrogens is 375 g/mol. The summed E-state index contributed by atoms with van der Waals surface area (Å²) in [6.07, 6.45) is -4.87. The van der Waals surface area contributed by atoms with Crippen LogP contribution in [0.1, 0.15) is 31.4 Å². The van der Waals surface area contributed by atoms with Crippen molar-refractivity contribution in [1.29, 1.82) is 0 Å². The summed E-state index contributed by atoms with van der Waals surface area (Å²) in [5.41, 5.74) is 0.843. The van der Waals surface area contributed by atoms with Gasteiger partial charge in [0.05, 0.1) is 0 Å². The lowest BCUT2D eigenvalue weighted by Gasteiger charge is -2.20. The van der Waals surface area contributed by atoms with E-state index in [4.69, 9.17) is 0 Å². The van der Waals surface area contributed by atoms with Gasteiger partial charge in [0.25, 0.3) is 0 Å². The summed E-state index contributed by atoms with van der Waals surface area (Å²) in [6.45, 7) is 2.51. The summed E-state index contributed by atoms with van der Waals surface area (Å²) in [4.78, 5) is 0. The van der Waals surface area contributed by atoms with Gasteiger partial charge in [0.15, 0.2) is 0 Å². The van der Waals surface area contributed by atoms with Crippen LogP contribution in [-0.2, 0) is 0 Å². The molecule has 0 radical (unpaired) electrons. The molecule has 1 nitrogen and oxygen atoms in total. The monoisotopic (exact) mass is 387 g/mol. The highest BCUT2D eigenvalue weighted by atomic mass is 79.9. The molecule has 0 spiro atoms. The van der Waals surface area contributed by atoms with Gasteiger partial charge in [-0.05, 0) is 36.7 Å². The minimum Gasteiger partial charge on any atom is -0.310 e. The molecule has 1 aromatic carbocycles. The second kappa shape index (κ2) is 6.91. The highest BCUT2D eigenvalue weighted by molar-refractivity contribution is 9.11. The minimum atomic E-state index is -4.12. The lowest BCUT2D eigenvalue weighted by atomic mass is 10.0. The van der Waals surface area contributed by atoms with Crippen LogP contribution in [0, 0.1) is 0 Å². The Labute approximate surface area is 121 Å². The van der Waals surface area contributed by atoms with Gasteiger partial charge in [-0.3, -0.25) is 0 Å². The van der Waals surface area contributed by atoms with Crippen molar-refractivity contribution in [3.63, 3.8) is 0 Å². The molecule has 0 amide bonds. The predicted molar refractivity (Wildman–Crippen MR) is 73.5 cm³/mol. The van der Waals surface area contributed by atoms with E-state index in [0.717, 1.165) is 14.5 Å². The average Bonchev–Trinajstić information content (AvgIpc) is 2.26. The van der Waals surface area contributed by atoms with Crippen molar-refractivity contribution in [2.75, 3.05) is 6.54 Å². The van der Waals surface area contributed by atoms with Gasteiger partial charge in [-0.1, -0.05) is 38.8 Å². The molecule has 0 saturated carbocycles. The number of rotatable bonds is 5. The molecule has 1 unspecified atom stereocenters. The summed E-state index contributed by atoms with van der Waals surface area (Å²) in [5, 5.41) is 3.09. The second-order valence-electron chi connectivity index (χ2n) is 3.93. The molecule has 1 rings (SSSR count). The van der Waals surface area contributed by atoms with Crippen LogP contribution < -0.4 is 5.32 Å². The molecule has 102 valence electrons. The molecule has 0 heterocycles. The molecule has 0 fully saturated rings. The number of halogens is 5. The van der Waals surface area contributed by atoms with Crippen molar-refractivity contribution >= 4 is 31.9 Å². The van der Waals surface area contributed by atoms with Gasteiger partial charge in [-0.2, -0.15) is 13.2 Å². The molecular formula is C12H14Br2F3N. The van der Waals surface area contributed by atoms with Crippen LogP contribution in [0.25, 0.3) is 0 Å². The van der Waals surface area contributed by atoms with Crippen LogP contribution in [0.2, 0.25) is 0 Å². The Morgan fingerprint density at radius 2 is 1.94 bits per heavy atom. The predicted octanol–water partition coefficient (Wildman–Crippen LogP) is 5.20. The fourth-order valence-electron chi connectivity index (χ4n) is 1.70. The molecule has 18 heavy (non-hydrogen) atoms. The van der Waals surface area contributed by atoms with E-state index in [1.165, 1.54) is 0 Å². The van der Waals surface area contributed by atoms with Gasteiger partial charge in [0.2, 0.25) is 0 Å². The van der Waals surface area contributed by atoms with Crippen molar-refractivity contribution in [2.45, 2.75) is 32.0 Å². The van der Waals surface area contributed by atoms with Gasteiger partial charge in [0, 0.05) is 21.4 Å². The highest BCUT2D eigenvalue weighted by Gasteiger charge is 2.29. The standard InChI is InChI=1S/C12H14Br2F3N/c1-2-18-11(5-6-12(15,16)17)9-7-8(13)3-4-10(9)14/h3-4,7,11,18H,2,5-6H2,1H3. The molecule has 6 heteroatoms. The lowest BCUT2D eigenvalue weighted by Crippen LogP contribution is -2.23. The van der Waals surface area contributed by atoms with E-state index in [1.807, 2.05) is 25.1 Å². The van der Waals surface area contributed by atoms with E-state index in [2.05, 4.69) is 37.2 Å². The Morgan fingerprint density at radius 3 is 2.50 bits per heavy atom. The van der Waals surface area contributed by atoms with Gasteiger partial charge < -0.3 is 5.32 Å². The zero-order chi connectivity index (χ0) is 13.8. The lowest BCUT2D eigenvalue weighted by molar-refractivity contribution is -0.136. The van der Waals surface area contributed by atoms with E-state index in [9.17, 15) is 13.2 Å². The van der Waals surface area contributed by atoms with E-state index in [1.54, 1.807) is 0 Å². The van der Waals surface area contributed by atoms with Gasteiger partial charge >= 0.3 is 6.18 Å². The molecule has 0 aliphatic carbocycles. The first-order valence-corrected chi connectivity index (χ1v) is 7.17. The Balaban J connectivity index is 2.86. The van der Waals surface area contributed by atoms with Crippen LogP contribution >= 0.6 is 31.9 Å². The van der Waals surface area contributed by atoms with Crippen molar-refractivity contribution in [1.82, 2.24) is 5.32 Å². The fourth-order valence-corrected chi connectivity index (χ4v) is 2.61. The number of benzene rings is 1. The Morgan fingerprint density at radius 1 is 1.28 bits per heavy atom. The van der Waals surface area contributed by atoms with Crippen LogP contribution in [0.4, 0.5) is 13.2 Å². The molecule has 1 aromatic rings. The van der Waals surface area contributed by atoms with Gasteiger partial charge in [-0.25, -0.2) is 0 Å². The Kier molecular flexibility index (Phi) is 6.14. The quantitative estimate of drug-likeness (QED) is 0.730. The molecule has 0 aromatic heterocycles. The van der Waals surface area contributed by atoms with Crippen molar-refractivity contribution < 1.29 is 13.2 Å². The maximum atomic E-state index is 12.3. The van der Waals surface area contributed by atoms with Crippen LogP contribution in [0.3, 0.4) is 0 Å². The van der Waals surface area contributed by atoms with E-state index < -0.39 is 12.6 Å². The Bertz CT molecular complexity index is 393. The summed E-state index contributed by atoms with van der Waals surface area (Å²) in [6, 6.07) is 5.22. The third-order valence-electron chi connectivity index (χ3n) is 2.50. The van der Waals surface area contributed by atoms with Crippen molar-refractivity contribution in [3.8, 4) is 0 Å². The third-order valence-corrected chi connectivity index (χ3v) is 3.72. The first kappa shape index (κ1) is 16.0. The first-order valence-electron chi connectivity index (χ1n) is 5.58. The number of nitrogens with one attached hydrogen (secondary N) is 1. The highest BCUT2D eigenvalue weighted by Crippen LogP contribution is 2.32. The summed E-state index contributed by atoms with van der Waals surface area (Å²) < 4.78 is 38.6. The first-order chi connectivity index (χ1) is 8.33. The van der Waals surface area contributed by atoms with E-state index in [0.29, 0.717) is 6.54 Å². The zero-order valence-electron chi connectivity index (χ0n) is 9.82. The SMILES string of the molecule is CCNC(CCC(F)(F)F)c1cc(Br)ccc1Br. The topological polar surface area (TPSA) is 12.0 Å². The molecule has 0 aliphatic heterocycles. The van der Waals surface area contributed by atoms with Crippen LogP contribution in [0.15, 0.2) is 27.1 Å². The minimum absolute atomic E-state index is 0.0341. The van der Waals surface area contributed by atoms with Crippen LogP contribution in [-0.4, -0.2) is 12.7 Å². The molecule has 1 N–H and O–H groups in total. The second-order valence-corrected chi connectivity index (χ2v) is 5.70. The average molecular weight is 389 g/mol. The number of hydrogen-bond acceptors (Lipinski definition) is 1. The molecule has 1 atom stereocenters. The van der Waals surface area contributed by atoms with Gasteiger partial charge in [-0.15, -0.1) is 0 Å². The normalized spacial score (nSPS) is 13.7. The van der Waals surface area contributed by atoms with Crippen LogP contribution in [0.5, 0.6) is 0 Å². The summed E-state index contributed by atoms with van der Waals surface area (Å²) in [5.74, 6) is 0. The van der Waals surface area contributed by atoms with Gasteiger partial charge in [0.1, 0.15) is 0 Å². The maximum Gasteiger partial charge on any atom is 0.389 e. The van der Waals surface area contributed by atoms with E-state index >= 15 is 0 Å². The zero-order valence-corrected chi connectivity index (χ0v) is 13.0. The number of alkyl halides is 3. The molecule has 0 bridgehead atoms. The van der Waals surface area contributed by atoms with E-state index in [-0.39, 0.29) is 12.5 Å². The molecule has 0 saturated heterocycles. The Hall–Kier alpha value is -0.0700. The maximum absolute atomic E-state index is 12.3.